The largest absolute Gasteiger partial charge is 0.351 e. The van der Waals surface area contributed by atoms with E-state index in [4.69, 9.17) is 34.8 Å². The molecule has 0 bridgehead atoms. The Morgan fingerprint density at radius 3 is 2.19 bits per heavy atom. The third-order valence-corrected chi connectivity index (χ3v) is 7.59. The van der Waals surface area contributed by atoms with Crippen molar-refractivity contribution in [3.8, 4) is 0 Å². The zero-order chi connectivity index (χ0) is 25.1. The summed E-state index contributed by atoms with van der Waals surface area (Å²) in [6.07, 6.45) is 3.83. The van der Waals surface area contributed by atoms with E-state index in [1.807, 2.05) is 41.3 Å². The summed E-state index contributed by atoms with van der Waals surface area (Å²) in [4.78, 5) is 44.4. The Bertz CT molecular complexity index is 1440. The van der Waals surface area contributed by atoms with Crippen molar-refractivity contribution < 1.29 is 14.4 Å². The molecule has 36 heavy (non-hydrogen) atoms. The molecule has 3 aromatic carbocycles. The van der Waals surface area contributed by atoms with Crippen molar-refractivity contribution in [3.63, 3.8) is 0 Å². The first kappa shape index (κ1) is 23.1. The van der Waals surface area contributed by atoms with Gasteiger partial charge >= 0.3 is 0 Å². The van der Waals surface area contributed by atoms with Crippen LogP contribution in [0.3, 0.4) is 0 Å². The van der Waals surface area contributed by atoms with Crippen LogP contribution in [0.5, 0.6) is 0 Å². The van der Waals surface area contributed by atoms with Gasteiger partial charge in [0.25, 0.3) is 0 Å². The molecular formula is C27H18Cl3N3O3. The Labute approximate surface area is 222 Å². The fraction of sp³-hybridized carbons (Fsp3) is 0.148. The van der Waals surface area contributed by atoms with E-state index in [0.717, 1.165) is 16.2 Å². The average molecular weight is 539 g/mol. The zero-order valence-electron chi connectivity index (χ0n) is 18.6. The second kappa shape index (κ2) is 8.66. The smallest absolute Gasteiger partial charge is 0.247 e. The Morgan fingerprint density at radius 1 is 0.806 bits per heavy atom. The van der Waals surface area contributed by atoms with Crippen molar-refractivity contribution >= 4 is 75.7 Å². The van der Waals surface area contributed by atoms with Gasteiger partial charge < -0.3 is 10.2 Å². The standard InChI is InChI=1S/C27H18Cl3N3O3/c28-15-6-8-18(9-7-15)31-25(34)24-23-22(21-10-5-14-3-1-2-4-20(14)33(21)24)26(35)32(27(23)36)19-12-16(29)11-17(30)13-19/h1-13,21-24H,(H,31,34)/t21-,22+,23+,24-/m0/s1. The first-order valence-corrected chi connectivity index (χ1v) is 12.4. The first-order chi connectivity index (χ1) is 17.3. The van der Waals surface area contributed by atoms with Gasteiger partial charge in [-0.05, 0) is 54.1 Å². The first-order valence-electron chi connectivity index (χ1n) is 11.3. The highest BCUT2D eigenvalue weighted by Crippen LogP contribution is 2.49. The van der Waals surface area contributed by atoms with Gasteiger partial charge in [-0.3, -0.25) is 14.4 Å². The number of rotatable bonds is 3. The number of benzene rings is 3. The SMILES string of the molecule is O=C(Nc1ccc(Cl)cc1)[C@@H]1[C@@H]2C(=O)N(c3cc(Cl)cc(Cl)c3)C(=O)[C@@H]2[C@@H]2C=Cc3ccccc3N12. The van der Waals surface area contributed by atoms with Gasteiger partial charge in [0.05, 0.1) is 23.6 Å². The highest BCUT2D eigenvalue weighted by molar-refractivity contribution is 6.36. The van der Waals surface area contributed by atoms with Gasteiger partial charge in [-0.1, -0.05) is 65.2 Å². The monoisotopic (exact) mass is 537 g/mol. The van der Waals surface area contributed by atoms with Crippen molar-refractivity contribution in [1.82, 2.24) is 0 Å². The molecular weight excluding hydrogens is 521 g/mol. The number of nitrogens with zero attached hydrogens (tertiary/aromatic N) is 2. The van der Waals surface area contributed by atoms with Crippen LogP contribution >= 0.6 is 34.8 Å². The summed E-state index contributed by atoms with van der Waals surface area (Å²) in [5.74, 6) is -2.87. The lowest BCUT2D eigenvalue weighted by Gasteiger charge is -2.36. The van der Waals surface area contributed by atoms with Gasteiger partial charge in [0, 0.05) is 26.4 Å². The normalized spacial score (nSPS) is 24.0. The molecule has 6 nitrogen and oxygen atoms in total. The molecule has 1 N–H and O–H groups in total. The summed E-state index contributed by atoms with van der Waals surface area (Å²) in [7, 11) is 0. The molecule has 4 atom stereocenters. The molecule has 0 radical (unpaired) electrons. The summed E-state index contributed by atoms with van der Waals surface area (Å²) in [5.41, 5.74) is 2.55. The van der Waals surface area contributed by atoms with Gasteiger partial charge in [-0.15, -0.1) is 0 Å². The number of hydrogen-bond acceptors (Lipinski definition) is 4. The molecule has 0 unspecified atom stereocenters. The van der Waals surface area contributed by atoms with Gasteiger partial charge in [-0.2, -0.15) is 0 Å². The third kappa shape index (κ3) is 3.60. The predicted molar refractivity (Wildman–Crippen MR) is 142 cm³/mol. The van der Waals surface area contributed by atoms with Gasteiger partial charge in [0.15, 0.2) is 0 Å². The van der Waals surface area contributed by atoms with Crippen molar-refractivity contribution in [1.29, 1.82) is 0 Å². The maximum atomic E-state index is 13.9. The van der Waals surface area contributed by atoms with E-state index in [9.17, 15) is 14.4 Å². The Hall–Kier alpha value is -3.32. The topological polar surface area (TPSA) is 69.7 Å². The van der Waals surface area contributed by atoms with Crippen LogP contribution in [0.1, 0.15) is 5.56 Å². The van der Waals surface area contributed by atoms with Crippen molar-refractivity contribution in [2.75, 3.05) is 15.1 Å². The van der Waals surface area contributed by atoms with E-state index in [0.29, 0.717) is 26.4 Å². The number of anilines is 3. The highest BCUT2D eigenvalue weighted by atomic mass is 35.5. The molecule has 0 aromatic heterocycles. The fourth-order valence-electron chi connectivity index (χ4n) is 5.49. The molecule has 180 valence electrons. The van der Waals surface area contributed by atoms with Crippen molar-refractivity contribution in [3.05, 3.63) is 93.4 Å². The lowest BCUT2D eigenvalue weighted by atomic mass is 9.88. The summed E-state index contributed by atoms with van der Waals surface area (Å²) < 4.78 is 0. The molecule has 2 fully saturated rings. The van der Waals surface area contributed by atoms with E-state index in [1.165, 1.54) is 18.2 Å². The number of carbonyl (C=O) groups excluding carboxylic acids is 3. The van der Waals surface area contributed by atoms with E-state index >= 15 is 0 Å². The minimum atomic E-state index is -0.919. The van der Waals surface area contributed by atoms with E-state index in [1.54, 1.807) is 24.3 Å². The van der Waals surface area contributed by atoms with E-state index < -0.39 is 29.8 Å². The lowest BCUT2D eigenvalue weighted by molar-refractivity contribution is -0.126. The summed E-state index contributed by atoms with van der Waals surface area (Å²) >= 11 is 18.3. The van der Waals surface area contributed by atoms with Crippen molar-refractivity contribution in [2.45, 2.75) is 12.1 Å². The number of fused-ring (bicyclic) bond motifs is 5. The fourth-order valence-corrected chi connectivity index (χ4v) is 6.13. The number of imide groups is 1. The van der Waals surface area contributed by atoms with Gasteiger partial charge in [0.2, 0.25) is 17.7 Å². The Kier molecular flexibility index (Phi) is 5.56. The zero-order valence-corrected chi connectivity index (χ0v) is 20.8. The van der Waals surface area contributed by atoms with Crippen LogP contribution in [0, 0.1) is 11.8 Å². The maximum absolute atomic E-state index is 13.9. The molecule has 3 heterocycles. The number of hydrogen-bond donors (Lipinski definition) is 1. The Morgan fingerprint density at radius 2 is 1.47 bits per heavy atom. The second-order valence-electron chi connectivity index (χ2n) is 8.95. The van der Waals surface area contributed by atoms with Crippen LogP contribution in [0.4, 0.5) is 17.1 Å². The third-order valence-electron chi connectivity index (χ3n) is 6.90. The Balaban J connectivity index is 1.44. The molecule has 9 heteroatoms. The number of nitrogens with one attached hydrogen (secondary N) is 1. The molecule has 0 saturated carbocycles. The van der Waals surface area contributed by atoms with Crippen LogP contribution in [0.15, 0.2) is 72.8 Å². The quantitative estimate of drug-likeness (QED) is 0.436. The molecule has 3 aromatic rings. The highest BCUT2D eigenvalue weighted by Gasteiger charge is 2.64. The van der Waals surface area contributed by atoms with Crippen LogP contribution < -0.4 is 15.1 Å². The number of carbonyl (C=O) groups is 3. The summed E-state index contributed by atoms with van der Waals surface area (Å²) in [6, 6.07) is 17.5. The molecule has 0 aliphatic carbocycles. The average Bonchev–Trinajstić information content (AvgIpc) is 3.33. The molecule has 3 aliphatic heterocycles. The minimum absolute atomic E-state index is 0.292. The molecule has 0 spiro atoms. The van der Waals surface area contributed by atoms with Crippen molar-refractivity contribution in [2.24, 2.45) is 11.8 Å². The van der Waals surface area contributed by atoms with Crippen LogP contribution in [0.25, 0.3) is 6.08 Å². The minimum Gasteiger partial charge on any atom is -0.351 e. The molecule has 3 amide bonds. The predicted octanol–water partition coefficient (Wildman–Crippen LogP) is 5.68. The van der Waals surface area contributed by atoms with Crippen LogP contribution in [-0.2, 0) is 14.4 Å². The van der Waals surface area contributed by atoms with Crippen LogP contribution in [-0.4, -0.2) is 29.8 Å². The van der Waals surface area contributed by atoms with E-state index in [-0.39, 0.29) is 11.8 Å². The molecule has 6 rings (SSSR count). The molecule has 3 aliphatic rings. The summed E-state index contributed by atoms with van der Waals surface area (Å²) in [5, 5.41) is 4.06. The second-order valence-corrected chi connectivity index (χ2v) is 10.3. The van der Waals surface area contributed by atoms with E-state index in [2.05, 4.69) is 5.32 Å². The summed E-state index contributed by atoms with van der Waals surface area (Å²) in [6.45, 7) is 0. The van der Waals surface area contributed by atoms with Crippen LogP contribution in [0.2, 0.25) is 15.1 Å². The van der Waals surface area contributed by atoms with Gasteiger partial charge in [0.1, 0.15) is 6.04 Å². The molecule has 2 saturated heterocycles. The maximum Gasteiger partial charge on any atom is 0.247 e. The number of para-hydroxylation sites is 1. The lowest BCUT2D eigenvalue weighted by Crippen LogP contribution is -2.50. The van der Waals surface area contributed by atoms with Gasteiger partial charge in [-0.25, -0.2) is 4.90 Å². The number of amides is 3. The number of halogens is 3.